The van der Waals surface area contributed by atoms with Gasteiger partial charge >= 0.3 is 23.2 Å². The van der Waals surface area contributed by atoms with E-state index in [1.54, 1.807) is 0 Å². The number of ether oxygens (including phenoxy) is 1. The van der Waals surface area contributed by atoms with E-state index in [-0.39, 0.29) is 30.1 Å². The summed E-state index contributed by atoms with van der Waals surface area (Å²) in [6.07, 6.45) is -3.52. The van der Waals surface area contributed by atoms with Crippen molar-refractivity contribution in [2.45, 2.75) is 24.5 Å². The van der Waals surface area contributed by atoms with Crippen molar-refractivity contribution < 1.29 is 52.2 Å². The molecule has 1 aliphatic heterocycles. The molecule has 0 radical (unpaired) electrons. The van der Waals surface area contributed by atoms with Crippen molar-refractivity contribution in [1.29, 1.82) is 0 Å². The number of hydrogen-bond acceptors (Lipinski definition) is 13. The van der Waals surface area contributed by atoms with E-state index in [4.69, 9.17) is 16.2 Å². The summed E-state index contributed by atoms with van der Waals surface area (Å²) in [5.74, 6) is 0.0581. The Morgan fingerprint density at radius 2 is 1.85 bits per heavy atom. The van der Waals surface area contributed by atoms with Crippen LogP contribution in [0.1, 0.15) is 6.23 Å². The van der Waals surface area contributed by atoms with Gasteiger partial charge in [0, 0.05) is 13.1 Å². The van der Waals surface area contributed by atoms with E-state index in [1.165, 1.54) is 15.8 Å². The van der Waals surface area contributed by atoms with Crippen LogP contribution >= 0.6 is 23.2 Å². The molecule has 7 atom stereocenters. The minimum Gasteiger partial charge on any atom is -0.387 e. The molecule has 0 bridgehead atoms. The highest BCUT2D eigenvalue weighted by molar-refractivity contribution is 7.72. The maximum Gasteiger partial charge on any atom is 0.480 e. The summed E-state index contributed by atoms with van der Waals surface area (Å²) in [5, 5.41) is 22.5. The van der Waals surface area contributed by atoms with Crippen LogP contribution in [0, 0.1) is 0 Å². The number of imidazole rings is 1. The van der Waals surface area contributed by atoms with E-state index in [1.807, 2.05) is 5.09 Å². The lowest BCUT2D eigenvalue weighted by molar-refractivity contribution is -0.0502. The largest absolute Gasteiger partial charge is 0.480 e. The Kier molecular flexibility index (Phi) is 8.24. The second kappa shape index (κ2) is 10.3. The zero-order valence-electron chi connectivity index (χ0n) is 17.1. The Bertz CT molecular complexity index is 1170. The van der Waals surface area contributed by atoms with Crippen molar-refractivity contribution in [3.05, 3.63) is 12.7 Å². The van der Waals surface area contributed by atoms with Crippen molar-refractivity contribution in [2.24, 2.45) is 5.73 Å². The topological polar surface area (TPSA) is 300 Å². The number of aliphatic hydroxyl groups is 2. The van der Waals surface area contributed by atoms with Gasteiger partial charge in [0.2, 0.25) is 0 Å². The second-order valence-electron chi connectivity index (χ2n) is 6.87. The molecule has 0 aromatic carbocycles. The lowest BCUT2D eigenvalue weighted by atomic mass is 10.1. The van der Waals surface area contributed by atoms with Gasteiger partial charge in [-0.2, -0.15) is 4.31 Å². The van der Waals surface area contributed by atoms with Crippen molar-refractivity contribution >= 4 is 40.2 Å². The molecule has 1 aliphatic rings. The van der Waals surface area contributed by atoms with E-state index in [2.05, 4.69) is 23.8 Å². The summed E-state index contributed by atoms with van der Waals surface area (Å²) >= 11 is 0. The predicted octanol–water partition coefficient (Wildman–Crippen LogP) is -2.50. The molecule has 34 heavy (non-hydrogen) atoms. The van der Waals surface area contributed by atoms with Crippen LogP contribution in [0.25, 0.3) is 11.2 Å². The number of rotatable bonds is 11. The van der Waals surface area contributed by atoms with E-state index in [0.717, 1.165) is 6.33 Å². The smallest absolute Gasteiger partial charge is 0.387 e. The fraction of sp³-hybridized carbons (Fsp3) is 0.583. The van der Waals surface area contributed by atoms with Crippen LogP contribution in [0.5, 0.6) is 0 Å². The molecule has 1 saturated heterocycles. The van der Waals surface area contributed by atoms with Crippen molar-refractivity contribution in [2.75, 3.05) is 25.4 Å². The standard InChI is InChI=1S/C12H23N8O11P3/c13-1-2-18-32(23,24)19-33(25,26)31-34(27,28)29-3-6-8(21)9(22)12(30-6)20-5-17-7-10(14)15-4-16-11(7)20/h4-6,8-9,12,21-22H,1-3,13H2,(H,27,28)(H2,14,15,16)(H4,18,19,23,24,25,26)/t6-,8-,9-,12-/m1/s1. The first-order chi connectivity index (χ1) is 15.8. The molecule has 2 aromatic rings. The number of aromatic nitrogens is 4. The van der Waals surface area contributed by atoms with E-state index < -0.39 is 54.4 Å². The van der Waals surface area contributed by atoms with Gasteiger partial charge in [0.05, 0.1) is 12.9 Å². The number of nitrogens with one attached hydrogen (secondary N) is 2. The lowest BCUT2D eigenvalue weighted by Crippen LogP contribution is -2.33. The highest BCUT2D eigenvalue weighted by Crippen LogP contribution is 2.61. The number of phosphoric ester groups is 1. The van der Waals surface area contributed by atoms with Crippen LogP contribution in [0.15, 0.2) is 12.7 Å². The summed E-state index contributed by atoms with van der Waals surface area (Å²) in [4.78, 5) is 41.9. The molecule has 11 N–H and O–H groups in total. The van der Waals surface area contributed by atoms with E-state index in [9.17, 15) is 38.6 Å². The normalized spacial score (nSPS) is 28.4. The Morgan fingerprint density at radius 3 is 2.53 bits per heavy atom. The first-order valence-electron chi connectivity index (χ1n) is 9.29. The summed E-state index contributed by atoms with van der Waals surface area (Å²) in [6, 6.07) is 0. The van der Waals surface area contributed by atoms with Gasteiger partial charge in [-0.15, -0.1) is 4.86 Å². The summed E-state index contributed by atoms with van der Waals surface area (Å²) < 4.78 is 51.1. The molecule has 0 amide bonds. The number of nitrogen functional groups attached to an aromatic ring is 1. The Labute approximate surface area is 190 Å². The third kappa shape index (κ3) is 6.42. The number of nitrogens with two attached hydrogens (primary N) is 2. The third-order valence-corrected chi connectivity index (χ3v) is 9.28. The zero-order chi connectivity index (χ0) is 25.3. The molecule has 0 aliphatic carbocycles. The SMILES string of the molecule is NCCNP(=O)(O)NP(=O)(O)OP(=O)(O)OC[C@H]1O[C@@H](n2cnc3c(N)ncnc32)[C@H](O)[C@@H]1O. The van der Waals surface area contributed by atoms with Gasteiger partial charge in [-0.1, -0.05) is 0 Å². The van der Waals surface area contributed by atoms with Crippen LogP contribution < -0.4 is 21.4 Å². The number of fused-ring (bicyclic) bond motifs is 1. The quantitative estimate of drug-likeness (QED) is 0.131. The first kappa shape index (κ1) is 27.2. The first-order valence-corrected chi connectivity index (χ1v) is 14.0. The molecule has 3 heterocycles. The molecule has 3 unspecified atom stereocenters. The van der Waals surface area contributed by atoms with Gasteiger partial charge < -0.3 is 41.1 Å². The molecular weight excluding hydrogens is 525 g/mol. The zero-order valence-corrected chi connectivity index (χ0v) is 19.7. The summed E-state index contributed by atoms with van der Waals surface area (Å²) in [5.41, 5.74) is 11.2. The fourth-order valence-electron chi connectivity index (χ4n) is 2.93. The van der Waals surface area contributed by atoms with Crippen molar-refractivity contribution in [3.8, 4) is 0 Å². The van der Waals surface area contributed by atoms with Crippen LogP contribution in [-0.4, -0.2) is 82.4 Å². The molecular formula is C12H23N8O11P3. The fourth-order valence-corrected chi connectivity index (χ4v) is 7.13. The van der Waals surface area contributed by atoms with Gasteiger partial charge in [0.15, 0.2) is 17.7 Å². The Hall–Kier alpha value is -1.40. The molecule has 0 spiro atoms. The van der Waals surface area contributed by atoms with Crippen LogP contribution in [0.2, 0.25) is 0 Å². The van der Waals surface area contributed by atoms with E-state index >= 15 is 0 Å². The highest BCUT2D eigenvalue weighted by Gasteiger charge is 2.46. The number of nitrogens with zero attached hydrogens (tertiary/aromatic N) is 4. The maximum absolute atomic E-state index is 12.1. The highest BCUT2D eigenvalue weighted by atomic mass is 31.3. The summed E-state index contributed by atoms with van der Waals surface area (Å²) in [7, 11) is -15.3. The Morgan fingerprint density at radius 1 is 1.15 bits per heavy atom. The third-order valence-electron chi connectivity index (χ3n) is 4.35. The van der Waals surface area contributed by atoms with Crippen molar-refractivity contribution in [3.63, 3.8) is 0 Å². The molecule has 22 heteroatoms. The van der Waals surface area contributed by atoms with Gasteiger partial charge in [-0.05, 0) is 0 Å². The van der Waals surface area contributed by atoms with Crippen LogP contribution in [0.4, 0.5) is 5.82 Å². The van der Waals surface area contributed by atoms with Gasteiger partial charge in [-0.3, -0.25) is 13.7 Å². The molecule has 2 aromatic heterocycles. The minimum absolute atomic E-state index is 0.0581. The second-order valence-corrected chi connectivity index (χ2v) is 12.0. The molecule has 3 rings (SSSR count). The average molecular weight is 548 g/mol. The predicted molar refractivity (Wildman–Crippen MR) is 112 cm³/mol. The van der Waals surface area contributed by atoms with E-state index in [0.29, 0.717) is 0 Å². The Balaban J connectivity index is 1.64. The van der Waals surface area contributed by atoms with Gasteiger partial charge in [-0.25, -0.2) is 29.2 Å². The van der Waals surface area contributed by atoms with Crippen LogP contribution in [-0.2, 0) is 27.3 Å². The lowest BCUT2D eigenvalue weighted by Gasteiger charge is -2.21. The van der Waals surface area contributed by atoms with Gasteiger partial charge in [0.1, 0.15) is 30.2 Å². The summed E-state index contributed by atoms with van der Waals surface area (Å²) in [6.45, 7) is -1.20. The average Bonchev–Trinajstić information content (AvgIpc) is 3.26. The molecule has 0 saturated carbocycles. The molecule has 192 valence electrons. The number of anilines is 1. The maximum atomic E-state index is 12.1. The molecule has 19 nitrogen and oxygen atoms in total. The number of phosphoric acid groups is 1. The minimum atomic E-state index is -5.34. The van der Waals surface area contributed by atoms with Crippen LogP contribution in [0.3, 0.4) is 0 Å². The number of aliphatic hydroxyl groups excluding tert-OH is 2. The number of hydrogen-bond donors (Lipinski definition) is 9. The van der Waals surface area contributed by atoms with Crippen molar-refractivity contribution in [1.82, 2.24) is 29.5 Å². The molecule has 1 fully saturated rings. The van der Waals surface area contributed by atoms with Gasteiger partial charge in [0.25, 0.3) is 0 Å². The monoisotopic (exact) mass is 548 g/mol.